The fourth-order valence-electron chi connectivity index (χ4n) is 1.46. The van der Waals surface area contributed by atoms with Crippen LogP contribution in [-0.4, -0.2) is 8.76 Å². The molecule has 0 aromatic heterocycles. The van der Waals surface area contributed by atoms with Crippen molar-refractivity contribution in [1.82, 2.24) is 0 Å². The standard InChI is InChI=1S/C12H9BrO2S/c13-11-6-10(7-12(8-11)16(14)15)9-4-2-1-3-5-9/h1-8H,(H,14,15)/p-1. The fourth-order valence-corrected chi connectivity index (χ4v) is 2.55. The second-order valence-electron chi connectivity index (χ2n) is 3.28. The van der Waals surface area contributed by atoms with E-state index in [1.54, 1.807) is 12.1 Å². The summed E-state index contributed by atoms with van der Waals surface area (Å²) in [6, 6.07) is 14.8. The molecule has 2 aromatic rings. The molecule has 1 unspecified atom stereocenters. The van der Waals surface area contributed by atoms with Crippen molar-refractivity contribution in [2.45, 2.75) is 4.90 Å². The van der Waals surface area contributed by atoms with Gasteiger partial charge in [0.2, 0.25) is 0 Å². The van der Waals surface area contributed by atoms with Gasteiger partial charge in [-0.05, 0) is 40.4 Å². The van der Waals surface area contributed by atoms with Gasteiger partial charge in [0, 0.05) is 9.37 Å². The van der Waals surface area contributed by atoms with Crippen LogP contribution in [0.1, 0.15) is 0 Å². The first-order valence-electron chi connectivity index (χ1n) is 4.62. The Balaban J connectivity index is 2.54. The van der Waals surface area contributed by atoms with Crippen molar-refractivity contribution >= 4 is 27.0 Å². The summed E-state index contributed by atoms with van der Waals surface area (Å²) in [5.74, 6) is 0. The number of hydrogen-bond donors (Lipinski definition) is 0. The van der Waals surface area contributed by atoms with E-state index in [0.717, 1.165) is 15.6 Å². The lowest BCUT2D eigenvalue weighted by Gasteiger charge is -2.09. The van der Waals surface area contributed by atoms with E-state index in [4.69, 9.17) is 0 Å². The molecule has 0 saturated carbocycles. The van der Waals surface area contributed by atoms with Crippen LogP contribution in [0.3, 0.4) is 0 Å². The lowest BCUT2D eigenvalue weighted by molar-refractivity contribution is 0.537. The summed E-state index contributed by atoms with van der Waals surface area (Å²) >= 11 is 1.10. The first kappa shape index (κ1) is 11.5. The maximum absolute atomic E-state index is 10.9. The Hall–Kier alpha value is -0.970. The number of benzene rings is 2. The third kappa shape index (κ3) is 2.58. The SMILES string of the molecule is O=S([O-])c1cc(Br)cc(-c2ccccc2)c1. The van der Waals surface area contributed by atoms with Gasteiger partial charge in [-0.25, -0.2) is 0 Å². The smallest absolute Gasteiger partial charge is 0.0266 e. The van der Waals surface area contributed by atoms with Gasteiger partial charge in [-0.15, -0.1) is 0 Å². The van der Waals surface area contributed by atoms with Crippen LogP contribution in [0.25, 0.3) is 11.1 Å². The fraction of sp³-hybridized carbons (Fsp3) is 0. The molecular weight excluding hydrogens is 288 g/mol. The minimum absolute atomic E-state index is 0.285. The van der Waals surface area contributed by atoms with Crippen molar-refractivity contribution in [2.75, 3.05) is 0 Å². The Morgan fingerprint density at radius 1 is 1.00 bits per heavy atom. The molecule has 2 aromatic carbocycles. The Labute approximate surface area is 105 Å². The van der Waals surface area contributed by atoms with Crippen molar-refractivity contribution in [2.24, 2.45) is 0 Å². The molecule has 0 aliphatic heterocycles. The molecule has 0 fully saturated rings. The third-order valence-electron chi connectivity index (χ3n) is 2.17. The Bertz CT molecular complexity index is 526. The second-order valence-corrected chi connectivity index (χ2v) is 5.13. The van der Waals surface area contributed by atoms with Crippen molar-refractivity contribution in [3.05, 3.63) is 53.0 Å². The average Bonchev–Trinajstić information content (AvgIpc) is 2.29. The van der Waals surface area contributed by atoms with Crippen LogP contribution in [-0.2, 0) is 11.1 Å². The largest absolute Gasteiger partial charge is 0.768 e. The molecule has 0 saturated heterocycles. The average molecular weight is 296 g/mol. The zero-order chi connectivity index (χ0) is 11.5. The Morgan fingerprint density at radius 3 is 2.31 bits per heavy atom. The van der Waals surface area contributed by atoms with Crippen molar-refractivity contribution in [1.29, 1.82) is 0 Å². The normalized spacial score (nSPS) is 12.4. The number of rotatable bonds is 2. The summed E-state index contributed by atoms with van der Waals surface area (Å²) < 4.78 is 22.6. The Kier molecular flexibility index (Phi) is 3.53. The van der Waals surface area contributed by atoms with E-state index in [1.165, 1.54) is 0 Å². The van der Waals surface area contributed by atoms with Gasteiger partial charge in [0.25, 0.3) is 0 Å². The van der Waals surface area contributed by atoms with Crippen LogP contribution >= 0.6 is 15.9 Å². The lowest BCUT2D eigenvalue weighted by Crippen LogP contribution is -1.89. The Morgan fingerprint density at radius 2 is 1.69 bits per heavy atom. The molecule has 0 amide bonds. The van der Waals surface area contributed by atoms with Crippen molar-refractivity contribution < 1.29 is 8.76 Å². The van der Waals surface area contributed by atoms with E-state index in [9.17, 15) is 8.76 Å². The van der Waals surface area contributed by atoms with Crippen LogP contribution in [0.5, 0.6) is 0 Å². The van der Waals surface area contributed by atoms with Gasteiger partial charge in [-0.1, -0.05) is 46.3 Å². The van der Waals surface area contributed by atoms with E-state index in [0.29, 0.717) is 0 Å². The van der Waals surface area contributed by atoms with Crippen LogP contribution in [0.2, 0.25) is 0 Å². The van der Waals surface area contributed by atoms with Gasteiger partial charge in [-0.3, -0.25) is 4.21 Å². The van der Waals surface area contributed by atoms with E-state index in [1.807, 2.05) is 36.4 Å². The second kappa shape index (κ2) is 4.91. The minimum Gasteiger partial charge on any atom is -0.768 e. The van der Waals surface area contributed by atoms with Crippen LogP contribution in [0.4, 0.5) is 0 Å². The van der Waals surface area contributed by atoms with Crippen molar-refractivity contribution in [3.8, 4) is 11.1 Å². The summed E-state index contributed by atoms with van der Waals surface area (Å²) in [7, 11) is 0. The van der Waals surface area contributed by atoms with Gasteiger partial charge in [0.05, 0.1) is 0 Å². The first-order chi connectivity index (χ1) is 7.66. The van der Waals surface area contributed by atoms with Crippen LogP contribution in [0, 0.1) is 0 Å². The highest BCUT2D eigenvalue weighted by atomic mass is 79.9. The third-order valence-corrected chi connectivity index (χ3v) is 3.25. The van der Waals surface area contributed by atoms with Gasteiger partial charge < -0.3 is 4.55 Å². The molecular formula is C12H8BrO2S-. The van der Waals surface area contributed by atoms with Crippen LogP contribution in [0.15, 0.2) is 57.9 Å². The molecule has 2 rings (SSSR count). The summed E-state index contributed by atoms with van der Waals surface area (Å²) in [5.41, 5.74) is 1.88. The number of hydrogen-bond acceptors (Lipinski definition) is 2. The maximum Gasteiger partial charge on any atom is 0.0266 e. The molecule has 82 valence electrons. The molecule has 0 bridgehead atoms. The molecule has 16 heavy (non-hydrogen) atoms. The molecule has 0 aliphatic carbocycles. The molecule has 0 radical (unpaired) electrons. The molecule has 2 nitrogen and oxygen atoms in total. The highest BCUT2D eigenvalue weighted by Crippen LogP contribution is 2.26. The van der Waals surface area contributed by atoms with E-state index in [2.05, 4.69) is 15.9 Å². The number of halogens is 1. The van der Waals surface area contributed by atoms with Crippen molar-refractivity contribution in [3.63, 3.8) is 0 Å². The van der Waals surface area contributed by atoms with Gasteiger partial charge in [0.1, 0.15) is 0 Å². The summed E-state index contributed by atoms with van der Waals surface area (Å²) in [5, 5.41) is 0. The molecule has 1 atom stereocenters. The topological polar surface area (TPSA) is 40.1 Å². The zero-order valence-corrected chi connectivity index (χ0v) is 10.6. The lowest BCUT2D eigenvalue weighted by atomic mass is 10.1. The highest BCUT2D eigenvalue weighted by molar-refractivity contribution is 9.10. The predicted molar refractivity (Wildman–Crippen MR) is 66.8 cm³/mol. The maximum atomic E-state index is 10.9. The van der Waals surface area contributed by atoms with Gasteiger partial charge in [0.15, 0.2) is 0 Å². The molecule has 0 aliphatic rings. The summed E-state index contributed by atoms with van der Waals surface area (Å²) in [6.07, 6.45) is 0. The molecule has 0 heterocycles. The molecule has 0 N–H and O–H groups in total. The predicted octanol–water partition coefficient (Wildman–Crippen LogP) is 3.35. The summed E-state index contributed by atoms with van der Waals surface area (Å²) in [4.78, 5) is 0.285. The van der Waals surface area contributed by atoms with Gasteiger partial charge in [-0.2, -0.15) is 0 Å². The van der Waals surface area contributed by atoms with Gasteiger partial charge >= 0.3 is 0 Å². The van der Waals surface area contributed by atoms with E-state index < -0.39 is 11.1 Å². The van der Waals surface area contributed by atoms with E-state index in [-0.39, 0.29) is 4.90 Å². The monoisotopic (exact) mass is 295 g/mol. The van der Waals surface area contributed by atoms with E-state index >= 15 is 0 Å². The molecule has 0 spiro atoms. The first-order valence-corrected chi connectivity index (χ1v) is 6.49. The highest BCUT2D eigenvalue weighted by Gasteiger charge is 2.02. The zero-order valence-electron chi connectivity index (χ0n) is 8.22. The minimum atomic E-state index is -2.20. The quantitative estimate of drug-likeness (QED) is 0.797. The summed E-state index contributed by atoms with van der Waals surface area (Å²) in [6.45, 7) is 0. The molecule has 4 heteroatoms. The van der Waals surface area contributed by atoms with Crippen LogP contribution < -0.4 is 0 Å².